The van der Waals surface area contributed by atoms with Crippen molar-refractivity contribution in [1.29, 1.82) is 0 Å². The first-order valence-electron chi connectivity index (χ1n) is 9.56. The molecule has 0 bridgehead atoms. The predicted octanol–water partition coefficient (Wildman–Crippen LogP) is 5.10. The largest absolute Gasteiger partial charge is 0.507 e. The zero-order chi connectivity index (χ0) is 19.2. The Morgan fingerprint density at radius 1 is 1.35 bits per heavy atom. The standard InChI is InChI=1S/C22H30O4/c1-11(2)9-15(23)19-16(24)10-17(25-6)20-18-14(12(3)4)8-7-13(5)21(18)26-22(19)20/h7,10-12,14,18,21,24H,8-9H2,1-6H3/t14-,18-,21-/m1/s1. The second-order valence-electron chi connectivity index (χ2n) is 8.39. The molecule has 1 aromatic carbocycles. The third kappa shape index (κ3) is 3.00. The van der Waals surface area contributed by atoms with Crippen LogP contribution in [-0.4, -0.2) is 24.1 Å². The number of ether oxygens (including phenoxy) is 2. The van der Waals surface area contributed by atoms with Gasteiger partial charge in [0, 0.05) is 24.0 Å². The van der Waals surface area contributed by atoms with Gasteiger partial charge in [-0.25, -0.2) is 0 Å². The van der Waals surface area contributed by atoms with Gasteiger partial charge in [-0.3, -0.25) is 4.79 Å². The smallest absolute Gasteiger partial charge is 0.170 e. The van der Waals surface area contributed by atoms with Crippen molar-refractivity contribution >= 4 is 5.78 Å². The molecule has 1 N–H and O–H groups in total. The highest BCUT2D eigenvalue weighted by Gasteiger charge is 2.47. The number of aromatic hydroxyl groups is 1. The highest BCUT2D eigenvalue weighted by atomic mass is 16.5. The van der Waals surface area contributed by atoms with Gasteiger partial charge >= 0.3 is 0 Å². The molecule has 0 radical (unpaired) electrons. The Hall–Kier alpha value is -1.97. The monoisotopic (exact) mass is 358 g/mol. The van der Waals surface area contributed by atoms with Gasteiger partial charge < -0.3 is 14.6 Å². The van der Waals surface area contributed by atoms with E-state index in [1.54, 1.807) is 13.2 Å². The molecule has 3 atom stereocenters. The Morgan fingerprint density at radius 2 is 2.04 bits per heavy atom. The number of hydrogen-bond acceptors (Lipinski definition) is 4. The van der Waals surface area contributed by atoms with Gasteiger partial charge in [-0.05, 0) is 36.7 Å². The van der Waals surface area contributed by atoms with Crippen molar-refractivity contribution in [2.45, 2.75) is 59.5 Å². The number of benzene rings is 1. The summed E-state index contributed by atoms with van der Waals surface area (Å²) in [6.07, 6.45) is 3.53. The molecule has 1 aromatic rings. The van der Waals surface area contributed by atoms with Crippen LogP contribution in [-0.2, 0) is 0 Å². The van der Waals surface area contributed by atoms with E-state index in [9.17, 15) is 9.90 Å². The molecule has 0 saturated heterocycles. The molecule has 1 aliphatic carbocycles. The van der Waals surface area contributed by atoms with Crippen molar-refractivity contribution in [3.63, 3.8) is 0 Å². The topological polar surface area (TPSA) is 55.8 Å². The highest BCUT2D eigenvalue weighted by molar-refractivity contribution is 6.02. The average Bonchev–Trinajstić information content (AvgIpc) is 2.94. The molecule has 1 heterocycles. The van der Waals surface area contributed by atoms with E-state index >= 15 is 0 Å². The molecule has 0 amide bonds. The maximum Gasteiger partial charge on any atom is 0.170 e. The molecule has 4 heteroatoms. The van der Waals surface area contributed by atoms with E-state index < -0.39 is 0 Å². The molecule has 0 unspecified atom stereocenters. The van der Waals surface area contributed by atoms with Crippen molar-refractivity contribution in [3.8, 4) is 17.2 Å². The van der Waals surface area contributed by atoms with Crippen LogP contribution in [0.5, 0.6) is 17.2 Å². The minimum atomic E-state index is -0.0903. The number of ketones is 1. The number of rotatable bonds is 5. The SMILES string of the molecule is COc1cc(O)c(C(=O)CC(C)C)c2c1[C@@H]1[C@H](O2)C(C)=CC[C@@H]1C(C)C. The number of allylic oxidation sites excluding steroid dienone is 1. The minimum absolute atomic E-state index is 0.0485. The average molecular weight is 358 g/mol. The first-order chi connectivity index (χ1) is 12.3. The Morgan fingerprint density at radius 3 is 2.62 bits per heavy atom. The zero-order valence-electron chi connectivity index (χ0n) is 16.6. The summed E-state index contributed by atoms with van der Waals surface area (Å²) in [5.74, 6) is 2.29. The van der Waals surface area contributed by atoms with Gasteiger partial charge in [0.15, 0.2) is 5.78 Å². The molecule has 4 nitrogen and oxygen atoms in total. The maximum absolute atomic E-state index is 12.8. The molecule has 0 spiro atoms. The molecule has 1 aliphatic heterocycles. The van der Waals surface area contributed by atoms with E-state index in [0.29, 0.717) is 35.3 Å². The normalized spacial score (nSPS) is 24.2. The van der Waals surface area contributed by atoms with E-state index in [0.717, 1.165) is 12.0 Å². The van der Waals surface area contributed by atoms with Gasteiger partial charge in [-0.2, -0.15) is 0 Å². The van der Waals surface area contributed by atoms with Gasteiger partial charge in [0.1, 0.15) is 28.9 Å². The molecule has 2 aliphatic rings. The second kappa shape index (κ2) is 6.98. The Labute approximate surface area is 156 Å². The molecule has 3 rings (SSSR count). The number of methoxy groups -OCH3 is 1. The minimum Gasteiger partial charge on any atom is -0.507 e. The molecule has 0 saturated carbocycles. The Balaban J connectivity index is 2.19. The molecule has 0 aromatic heterocycles. The summed E-state index contributed by atoms with van der Waals surface area (Å²) in [6, 6.07) is 1.59. The summed E-state index contributed by atoms with van der Waals surface area (Å²) < 4.78 is 11.9. The second-order valence-corrected chi connectivity index (χ2v) is 8.39. The van der Waals surface area contributed by atoms with Crippen LogP contribution in [0.1, 0.15) is 69.3 Å². The molecular weight excluding hydrogens is 328 g/mol. The van der Waals surface area contributed by atoms with Crippen LogP contribution in [0.25, 0.3) is 0 Å². The van der Waals surface area contributed by atoms with Crippen molar-refractivity contribution in [1.82, 2.24) is 0 Å². The van der Waals surface area contributed by atoms with Crippen LogP contribution < -0.4 is 9.47 Å². The lowest BCUT2D eigenvalue weighted by atomic mass is 9.70. The third-order valence-electron chi connectivity index (χ3n) is 5.74. The van der Waals surface area contributed by atoms with Crippen LogP contribution in [0, 0.1) is 17.8 Å². The first-order valence-corrected chi connectivity index (χ1v) is 9.56. The van der Waals surface area contributed by atoms with Gasteiger partial charge in [-0.1, -0.05) is 33.8 Å². The lowest BCUT2D eigenvalue weighted by Gasteiger charge is -2.34. The van der Waals surface area contributed by atoms with E-state index in [4.69, 9.17) is 9.47 Å². The summed E-state index contributed by atoms with van der Waals surface area (Å²) in [5, 5.41) is 10.5. The van der Waals surface area contributed by atoms with Gasteiger partial charge in [0.25, 0.3) is 0 Å². The van der Waals surface area contributed by atoms with Crippen LogP contribution in [0.4, 0.5) is 0 Å². The summed E-state index contributed by atoms with van der Waals surface area (Å²) in [4.78, 5) is 12.8. The fourth-order valence-corrected chi connectivity index (χ4v) is 4.42. The highest BCUT2D eigenvalue weighted by Crippen LogP contribution is 2.56. The molecule has 26 heavy (non-hydrogen) atoms. The van der Waals surface area contributed by atoms with Gasteiger partial charge in [0.2, 0.25) is 0 Å². The van der Waals surface area contributed by atoms with Crippen molar-refractivity contribution in [2.24, 2.45) is 17.8 Å². The number of phenolic OH excluding ortho intramolecular Hbond substituents is 1. The van der Waals surface area contributed by atoms with Crippen molar-refractivity contribution in [3.05, 3.63) is 28.8 Å². The fraction of sp³-hybridized carbons (Fsp3) is 0.591. The fourth-order valence-electron chi connectivity index (χ4n) is 4.42. The quantitative estimate of drug-likeness (QED) is 0.588. The van der Waals surface area contributed by atoms with Gasteiger partial charge in [0.05, 0.1) is 7.11 Å². The number of hydrogen-bond donors (Lipinski definition) is 1. The third-order valence-corrected chi connectivity index (χ3v) is 5.74. The van der Waals surface area contributed by atoms with Crippen molar-refractivity contribution in [2.75, 3.05) is 7.11 Å². The van der Waals surface area contributed by atoms with E-state index in [-0.39, 0.29) is 29.5 Å². The zero-order valence-corrected chi connectivity index (χ0v) is 16.6. The predicted molar refractivity (Wildman–Crippen MR) is 102 cm³/mol. The van der Waals surface area contributed by atoms with Crippen LogP contribution >= 0.6 is 0 Å². The first kappa shape index (κ1) is 18.8. The van der Waals surface area contributed by atoms with E-state index in [1.807, 2.05) is 13.8 Å². The Bertz CT molecular complexity index is 745. The van der Waals surface area contributed by atoms with E-state index in [1.165, 1.54) is 5.57 Å². The number of phenols is 1. The van der Waals surface area contributed by atoms with Crippen LogP contribution in [0.2, 0.25) is 0 Å². The van der Waals surface area contributed by atoms with Gasteiger partial charge in [-0.15, -0.1) is 0 Å². The molecular formula is C22H30O4. The maximum atomic E-state index is 12.8. The summed E-state index contributed by atoms with van der Waals surface area (Å²) in [5.41, 5.74) is 2.46. The number of fused-ring (bicyclic) bond motifs is 3. The number of carbonyl (C=O) groups is 1. The lowest BCUT2D eigenvalue weighted by Crippen LogP contribution is -2.32. The van der Waals surface area contributed by atoms with Crippen LogP contribution in [0.3, 0.4) is 0 Å². The van der Waals surface area contributed by atoms with Crippen molar-refractivity contribution < 1.29 is 19.4 Å². The van der Waals surface area contributed by atoms with Crippen LogP contribution in [0.15, 0.2) is 17.7 Å². The lowest BCUT2D eigenvalue weighted by molar-refractivity contribution is 0.0959. The van der Waals surface area contributed by atoms with E-state index in [2.05, 4.69) is 26.8 Å². The summed E-state index contributed by atoms with van der Waals surface area (Å²) in [7, 11) is 1.61. The molecule has 142 valence electrons. The molecule has 0 fully saturated rings. The number of Topliss-reactive ketones (excluding diaryl/α,β-unsaturated/α-hetero) is 1. The summed E-state index contributed by atoms with van der Waals surface area (Å²) in [6.45, 7) is 10.5. The summed E-state index contributed by atoms with van der Waals surface area (Å²) >= 11 is 0. The number of carbonyl (C=O) groups excluding carboxylic acids is 1. The Kier molecular flexibility index (Phi) is 5.05.